The molecular formula is C26H36ClN3O3. The van der Waals surface area contributed by atoms with Gasteiger partial charge in [-0.15, -0.1) is 0 Å². The number of nitrogens with zero attached hydrogens (tertiary/aromatic N) is 2. The number of hydrogen-bond donors (Lipinski definition) is 1. The first-order chi connectivity index (χ1) is 16.1. The van der Waals surface area contributed by atoms with E-state index in [0.717, 1.165) is 43.3 Å². The lowest BCUT2D eigenvalue weighted by atomic mass is 9.89. The summed E-state index contributed by atoms with van der Waals surface area (Å²) in [6, 6.07) is 13.4. The van der Waals surface area contributed by atoms with Crippen molar-refractivity contribution in [3.8, 4) is 17.2 Å². The molecule has 180 valence electrons. The normalized spacial score (nSPS) is 21.9. The minimum absolute atomic E-state index is 0.0246. The van der Waals surface area contributed by atoms with Gasteiger partial charge in [-0.25, -0.2) is 0 Å². The number of rotatable bonds is 8. The molecule has 2 fully saturated rings. The average molecular weight is 474 g/mol. The first-order valence-electron chi connectivity index (χ1n) is 11.9. The van der Waals surface area contributed by atoms with Crippen LogP contribution in [-0.4, -0.2) is 58.1 Å². The Morgan fingerprint density at radius 2 is 1.85 bits per heavy atom. The van der Waals surface area contributed by atoms with E-state index >= 15 is 0 Å². The highest BCUT2D eigenvalue weighted by Crippen LogP contribution is 2.40. The Kier molecular flexibility index (Phi) is 7.89. The third-order valence-corrected chi connectivity index (χ3v) is 7.29. The molecule has 1 unspecified atom stereocenters. The van der Waals surface area contributed by atoms with Crippen LogP contribution in [0.15, 0.2) is 36.4 Å². The monoisotopic (exact) mass is 473 g/mol. The lowest BCUT2D eigenvalue weighted by Crippen LogP contribution is -2.55. The third-order valence-electron chi connectivity index (χ3n) is 6.98. The molecule has 0 bridgehead atoms. The number of methoxy groups -OCH3 is 2. The minimum atomic E-state index is -0.0246. The van der Waals surface area contributed by atoms with Gasteiger partial charge in [0.15, 0.2) is 11.5 Å². The lowest BCUT2D eigenvalue weighted by molar-refractivity contribution is 0.0714. The van der Waals surface area contributed by atoms with Gasteiger partial charge in [0.1, 0.15) is 12.0 Å². The predicted molar refractivity (Wildman–Crippen MR) is 134 cm³/mol. The molecule has 2 aromatic carbocycles. The zero-order valence-electron chi connectivity index (χ0n) is 20.1. The maximum atomic E-state index is 6.24. The molecule has 0 aliphatic carbocycles. The number of ether oxygens (including phenoxy) is 3. The summed E-state index contributed by atoms with van der Waals surface area (Å²) in [5.41, 5.74) is 2.49. The standard InChI is InChI=1S/C26H36ClN3O3/c1-5-26(28-2)33-23-12-9-18(15-25(23)32-4)22-8-6-7-20-17-29(13-14-30(20)22)19-10-11-21(27)24(16-19)31-3/h9-12,15-16,20,22,26,28H,5-8,13-14,17H2,1-4H3/t20-,22+,26?/m0/s1. The Labute approximate surface area is 202 Å². The van der Waals surface area contributed by atoms with Crippen LogP contribution in [0.1, 0.15) is 44.2 Å². The molecule has 0 saturated carbocycles. The summed E-state index contributed by atoms with van der Waals surface area (Å²) in [5.74, 6) is 2.32. The average Bonchev–Trinajstić information content (AvgIpc) is 2.86. The highest BCUT2D eigenvalue weighted by Gasteiger charge is 2.36. The zero-order valence-corrected chi connectivity index (χ0v) is 20.9. The van der Waals surface area contributed by atoms with E-state index in [1.165, 1.54) is 30.5 Å². The maximum absolute atomic E-state index is 6.24. The smallest absolute Gasteiger partial charge is 0.163 e. The van der Waals surface area contributed by atoms with Crippen LogP contribution in [-0.2, 0) is 0 Å². The largest absolute Gasteiger partial charge is 0.495 e. The van der Waals surface area contributed by atoms with Gasteiger partial charge in [-0.3, -0.25) is 10.2 Å². The van der Waals surface area contributed by atoms with Crippen LogP contribution >= 0.6 is 11.6 Å². The number of piperazine rings is 1. The van der Waals surface area contributed by atoms with Gasteiger partial charge in [0.2, 0.25) is 0 Å². The molecule has 4 rings (SSSR count). The van der Waals surface area contributed by atoms with Crippen molar-refractivity contribution in [3.05, 3.63) is 47.0 Å². The van der Waals surface area contributed by atoms with E-state index in [1.54, 1.807) is 14.2 Å². The van der Waals surface area contributed by atoms with Gasteiger partial charge in [-0.2, -0.15) is 0 Å². The van der Waals surface area contributed by atoms with Crippen LogP contribution in [0.25, 0.3) is 0 Å². The van der Waals surface area contributed by atoms with Crippen molar-refractivity contribution >= 4 is 17.3 Å². The summed E-state index contributed by atoms with van der Waals surface area (Å²) in [6.45, 7) is 5.12. The third kappa shape index (κ3) is 5.18. The number of benzene rings is 2. The molecule has 6 nitrogen and oxygen atoms in total. The van der Waals surface area contributed by atoms with Crippen LogP contribution in [0, 0.1) is 0 Å². The van der Waals surface area contributed by atoms with E-state index in [-0.39, 0.29) is 6.23 Å². The minimum Gasteiger partial charge on any atom is -0.495 e. The number of piperidine rings is 1. The predicted octanol–water partition coefficient (Wildman–Crippen LogP) is 5.11. The van der Waals surface area contributed by atoms with Crippen molar-refractivity contribution in [2.24, 2.45) is 0 Å². The molecule has 7 heteroatoms. The van der Waals surface area contributed by atoms with Crippen LogP contribution in [0.3, 0.4) is 0 Å². The van der Waals surface area contributed by atoms with Crippen molar-refractivity contribution in [2.45, 2.75) is 50.9 Å². The topological polar surface area (TPSA) is 46.2 Å². The Morgan fingerprint density at radius 1 is 1.03 bits per heavy atom. The van der Waals surface area contributed by atoms with E-state index in [0.29, 0.717) is 17.1 Å². The fraction of sp³-hybridized carbons (Fsp3) is 0.538. The molecule has 2 aliphatic heterocycles. The summed E-state index contributed by atoms with van der Waals surface area (Å²) < 4.78 is 17.2. The van der Waals surface area contributed by atoms with Gasteiger partial charge in [-0.1, -0.05) is 24.6 Å². The number of nitrogens with one attached hydrogen (secondary N) is 1. The van der Waals surface area contributed by atoms with Gasteiger partial charge in [0, 0.05) is 43.5 Å². The number of halogens is 1. The first-order valence-corrected chi connectivity index (χ1v) is 12.3. The lowest BCUT2D eigenvalue weighted by Gasteiger charge is -2.49. The quantitative estimate of drug-likeness (QED) is 0.538. The second kappa shape index (κ2) is 10.9. The number of hydrogen-bond acceptors (Lipinski definition) is 6. The Bertz CT molecular complexity index is 937. The van der Waals surface area contributed by atoms with Gasteiger partial charge >= 0.3 is 0 Å². The summed E-state index contributed by atoms with van der Waals surface area (Å²) in [4.78, 5) is 5.15. The Hall–Kier alpha value is -2.15. The molecule has 2 aliphatic rings. The molecule has 33 heavy (non-hydrogen) atoms. The van der Waals surface area contributed by atoms with Crippen molar-refractivity contribution in [3.63, 3.8) is 0 Å². The summed E-state index contributed by atoms with van der Waals surface area (Å²) in [5, 5.41) is 3.84. The summed E-state index contributed by atoms with van der Waals surface area (Å²) in [7, 11) is 5.30. The van der Waals surface area contributed by atoms with E-state index < -0.39 is 0 Å². The molecule has 2 aromatic rings. The zero-order chi connectivity index (χ0) is 23.4. The molecule has 2 saturated heterocycles. The summed E-state index contributed by atoms with van der Waals surface area (Å²) >= 11 is 6.24. The van der Waals surface area contributed by atoms with Crippen LogP contribution < -0.4 is 24.4 Å². The highest BCUT2D eigenvalue weighted by atomic mass is 35.5. The second-order valence-electron chi connectivity index (χ2n) is 8.82. The molecule has 1 N–H and O–H groups in total. The van der Waals surface area contributed by atoms with Crippen LogP contribution in [0.5, 0.6) is 17.2 Å². The van der Waals surface area contributed by atoms with E-state index in [4.69, 9.17) is 25.8 Å². The fourth-order valence-electron chi connectivity index (χ4n) is 5.18. The highest BCUT2D eigenvalue weighted by molar-refractivity contribution is 6.32. The van der Waals surface area contributed by atoms with Crippen LogP contribution in [0.4, 0.5) is 5.69 Å². The molecule has 0 radical (unpaired) electrons. The van der Waals surface area contributed by atoms with Gasteiger partial charge in [0.25, 0.3) is 0 Å². The summed E-state index contributed by atoms with van der Waals surface area (Å²) in [6.07, 6.45) is 4.47. The van der Waals surface area contributed by atoms with E-state index in [2.05, 4.69) is 52.4 Å². The molecule has 3 atom stereocenters. The van der Waals surface area contributed by atoms with Gasteiger partial charge in [-0.05, 0) is 62.6 Å². The molecular weight excluding hydrogens is 438 g/mol. The Balaban J connectivity index is 1.50. The Morgan fingerprint density at radius 3 is 2.58 bits per heavy atom. The van der Waals surface area contributed by atoms with Crippen molar-refractivity contribution in [2.75, 3.05) is 45.8 Å². The van der Waals surface area contributed by atoms with Crippen molar-refractivity contribution in [1.29, 1.82) is 0 Å². The van der Waals surface area contributed by atoms with Crippen LogP contribution in [0.2, 0.25) is 5.02 Å². The number of fused-ring (bicyclic) bond motifs is 1. The number of anilines is 1. The van der Waals surface area contributed by atoms with E-state index in [1.807, 2.05) is 13.1 Å². The molecule has 0 aromatic heterocycles. The van der Waals surface area contributed by atoms with Crippen molar-refractivity contribution < 1.29 is 14.2 Å². The second-order valence-corrected chi connectivity index (χ2v) is 9.22. The van der Waals surface area contributed by atoms with Gasteiger partial charge < -0.3 is 19.1 Å². The SMILES string of the molecule is CCC(NC)Oc1ccc([C@H]2CCC[C@H]3CN(c4ccc(Cl)c(OC)c4)CCN32)cc1OC. The van der Waals surface area contributed by atoms with E-state index in [9.17, 15) is 0 Å². The first kappa shape index (κ1) is 24.0. The maximum Gasteiger partial charge on any atom is 0.163 e. The molecule has 2 heterocycles. The molecule has 0 spiro atoms. The van der Waals surface area contributed by atoms with Crippen molar-refractivity contribution in [1.82, 2.24) is 10.2 Å². The van der Waals surface area contributed by atoms with Gasteiger partial charge in [0.05, 0.1) is 19.2 Å². The fourth-order valence-corrected chi connectivity index (χ4v) is 5.37. The molecule has 0 amide bonds.